The van der Waals surface area contributed by atoms with Gasteiger partial charge in [-0.1, -0.05) is 0 Å². The lowest BCUT2D eigenvalue weighted by Crippen LogP contribution is -2.43. The quantitative estimate of drug-likeness (QED) is 0.633. The molecule has 2 aromatic rings. The first-order valence-corrected chi connectivity index (χ1v) is 8.82. The van der Waals surface area contributed by atoms with Crippen molar-refractivity contribution in [3.05, 3.63) is 54.1 Å². The van der Waals surface area contributed by atoms with E-state index in [2.05, 4.69) is 16.2 Å². The first-order chi connectivity index (χ1) is 13.5. The molecule has 3 N–H and O–H groups in total. The third-order valence-electron chi connectivity index (χ3n) is 4.11. The number of carbonyl (C=O) groups excluding carboxylic acids is 3. The van der Waals surface area contributed by atoms with Crippen molar-refractivity contribution in [3.8, 4) is 11.5 Å². The molecule has 0 aliphatic heterocycles. The fraction of sp³-hybridized carbons (Fsp3) is 0.250. The van der Waals surface area contributed by atoms with Crippen LogP contribution in [0, 0.1) is 5.92 Å². The molecule has 8 nitrogen and oxygen atoms in total. The van der Waals surface area contributed by atoms with Crippen LogP contribution in [0.5, 0.6) is 11.5 Å². The van der Waals surface area contributed by atoms with Gasteiger partial charge in [-0.2, -0.15) is 0 Å². The molecule has 146 valence electrons. The van der Waals surface area contributed by atoms with E-state index in [1.54, 1.807) is 55.6 Å². The highest BCUT2D eigenvalue weighted by Crippen LogP contribution is 2.30. The van der Waals surface area contributed by atoms with Crippen molar-refractivity contribution in [1.29, 1.82) is 0 Å². The average Bonchev–Trinajstić information content (AvgIpc) is 3.57. The highest BCUT2D eigenvalue weighted by Gasteiger charge is 2.29. The number of anilines is 1. The van der Waals surface area contributed by atoms with E-state index in [4.69, 9.17) is 9.47 Å². The van der Waals surface area contributed by atoms with Crippen LogP contribution in [0.3, 0.4) is 0 Å². The molecule has 28 heavy (non-hydrogen) atoms. The highest BCUT2D eigenvalue weighted by atomic mass is 16.5. The number of hydrazine groups is 1. The number of hydrogen-bond acceptors (Lipinski definition) is 5. The van der Waals surface area contributed by atoms with E-state index >= 15 is 0 Å². The van der Waals surface area contributed by atoms with E-state index < -0.39 is 11.8 Å². The summed E-state index contributed by atoms with van der Waals surface area (Å²) in [5.74, 6) is 0.322. The molecular weight excluding hydrogens is 362 g/mol. The SMILES string of the molecule is COc1ccc(OCC(=O)NNC(=O)c2ccc(NC(=O)C3CC3)cc2)cc1. The van der Waals surface area contributed by atoms with E-state index in [9.17, 15) is 14.4 Å². The summed E-state index contributed by atoms with van der Waals surface area (Å²) in [6.45, 7) is -0.251. The van der Waals surface area contributed by atoms with Gasteiger partial charge in [-0.15, -0.1) is 0 Å². The summed E-state index contributed by atoms with van der Waals surface area (Å²) < 4.78 is 10.4. The van der Waals surface area contributed by atoms with Gasteiger partial charge < -0.3 is 14.8 Å². The third kappa shape index (κ3) is 5.47. The minimum Gasteiger partial charge on any atom is -0.497 e. The van der Waals surface area contributed by atoms with Gasteiger partial charge in [0, 0.05) is 17.2 Å². The smallest absolute Gasteiger partial charge is 0.276 e. The Hall–Kier alpha value is -3.55. The number of carbonyl (C=O) groups is 3. The zero-order valence-corrected chi connectivity index (χ0v) is 15.4. The first-order valence-electron chi connectivity index (χ1n) is 8.82. The van der Waals surface area contributed by atoms with Crippen molar-refractivity contribution in [1.82, 2.24) is 10.9 Å². The Bertz CT molecular complexity index is 845. The molecule has 0 bridgehead atoms. The maximum absolute atomic E-state index is 12.1. The molecule has 0 atom stereocenters. The molecule has 0 radical (unpaired) electrons. The molecular formula is C20H21N3O5. The lowest BCUT2D eigenvalue weighted by molar-refractivity contribution is -0.123. The molecule has 1 saturated carbocycles. The molecule has 8 heteroatoms. The van der Waals surface area contributed by atoms with Crippen molar-refractivity contribution in [2.24, 2.45) is 5.92 Å². The molecule has 0 spiro atoms. The van der Waals surface area contributed by atoms with Crippen molar-refractivity contribution in [3.63, 3.8) is 0 Å². The summed E-state index contributed by atoms with van der Waals surface area (Å²) in [4.78, 5) is 35.6. The molecule has 1 aliphatic rings. The van der Waals surface area contributed by atoms with Gasteiger partial charge in [0.2, 0.25) is 5.91 Å². The summed E-state index contributed by atoms with van der Waals surface area (Å²) >= 11 is 0. The van der Waals surface area contributed by atoms with E-state index in [1.807, 2.05) is 0 Å². The van der Waals surface area contributed by atoms with Crippen molar-refractivity contribution in [2.75, 3.05) is 19.0 Å². The Labute approximate surface area is 162 Å². The Balaban J connectivity index is 1.41. The van der Waals surface area contributed by atoms with Gasteiger partial charge >= 0.3 is 0 Å². The second kappa shape index (κ2) is 8.90. The monoisotopic (exact) mass is 383 g/mol. The lowest BCUT2D eigenvalue weighted by Gasteiger charge is -2.10. The van der Waals surface area contributed by atoms with Crippen LogP contribution in [0.15, 0.2) is 48.5 Å². The molecule has 0 unspecified atom stereocenters. The summed E-state index contributed by atoms with van der Waals surface area (Å²) in [7, 11) is 1.56. The average molecular weight is 383 g/mol. The molecule has 3 rings (SSSR count). The molecule has 0 heterocycles. The maximum Gasteiger partial charge on any atom is 0.276 e. The van der Waals surface area contributed by atoms with Crippen LogP contribution in [-0.2, 0) is 9.59 Å². The van der Waals surface area contributed by atoms with E-state index in [0.29, 0.717) is 22.7 Å². The van der Waals surface area contributed by atoms with Crippen LogP contribution < -0.4 is 25.6 Å². The molecule has 0 saturated heterocycles. The fourth-order valence-electron chi connectivity index (χ4n) is 2.35. The number of rotatable bonds is 7. The van der Waals surface area contributed by atoms with Gasteiger partial charge in [-0.3, -0.25) is 25.2 Å². The van der Waals surface area contributed by atoms with Crippen molar-refractivity contribution < 1.29 is 23.9 Å². The topological polar surface area (TPSA) is 106 Å². The predicted octanol–water partition coefficient (Wildman–Crippen LogP) is 1.88. The molecule has 0 aromatic heterocycles. The normalized spacial score (nSPS) is 12.6. The third-order valence-corrected chi connectivity index (χ3v) is 4.11. The lowest BCUT2D eigenvalue weighted by atomic mass is 10.2. The highest BCUT2D eigenvalue weighted by molar-refractivity contribution is 5.97. The number of nitrogens with one attached hydrogen (secondary N) is 3. The van der Waals surface area contributed by atoms with Gasteiger partial charge in [0.05, 0.1) is 7.11 Å². The summed E-state index contributed by atoms with van der Waals surface area (Å²) in [5, 5.41) is 2.79. The standard InChI is InChI=1S/C20H21N3O5/c1-27-16-8-10-17(11-9-16)28-12-18(24)22-23-20(26)14-4-6-15(7-5-14)21-19(25)13-2-3-13/h4-11,13H,2-3,12H2,1H3,(H,21,25)(H,22,24)(H,23,26). The van der Waals surface area contributed by atoms with Crippen LogP contribution >= 0.6 is 0 Å². The molecule has 3 amide bonds. The van der Waals surface area contributed by atoms with E-state index in [0.717, 1.165) is 12.8 Å². The maximum atomic E-state index is 12.1. The number of amides is 3. The van der Waals surface area contributed by atoms with Crippen LogP contribution in [0.25, 0.3) is 0 Å². The van der Waals surface area contributed by atoms with Crippen molar-refractivity contribution in [2.45, 2.75) is 12.8 Å². The minimum atomic E-state index is -0.502. The van der Waals surface area contributed by atoms with Crippen LogP contribution in [-0.4, -0.2) is 31.4 Å². The largest absolute Gasteiger partial charge is 0.497 e. The second-order valence-electron chi connectivity index (χ2n) is 6.31. The molecule has 1 aliphatic carbocycles. The summed E-state index contributed by atoms with van der Waals surface area (Å²) in [6, 6.07) is 13.2. The predicted molar refractivity (Wildman–Crippen MR) is 102 cm³/mol. The van der Waals surface area contributed by atoms with E-state index in [-0.39, 0.29) is 18.4 Å². The molecule has 2 aromatic carbocycles. The van der Waals surface area contributed by atoms with Gasteiger partial charge in [0.15, 0.2) is 6.61 Å². The summed E-state index contributed by atoms with van der Waals surface area (Å²) in [6.07, 6.45) is 1.85. The van der Waals surface area contributed by atoms with Crippen molar-refractivity contribution >= 4 is 23.4 Å². The number of benzene rings is 2. The minimum absolute atomic E-state index is 0.00123. The zero-order chi connectivity index (χ0) is 19.9. The first kappa shape index (κ1) is 19.2. The van der Waals surface area contributed by atoms with Gasteiger partial charge in [-0.25, -0.2) is 0 Å². The van der Waals surface area contributed by atoms with E-state index in [1.165, 1.54) is 0 Å². The Morgan fingerprint density at radius 1 is 0.929 bits per heavy atom. The van der Waals surface area contributed by atoms with Crippen LogP contribution in [0.2, 0.25) is 0 Å². The van der Waals surface area contributed by atoms with Gasteiger partial charge in [0.25, 0.3) is 11.8 Å². The van der Waals surface area contributed by atoms with Crippen LogP contribution in [0.4, 0.5) is 5.69 Å². The van der Waals surface area contributed by atoms with Gasteiger partial charge in [-0.05, 0) is 61.4 Å². The second-order valence-corrected chi connectivity index (χ2v) is 6.31. The number of methoxy groups -OCH3 is 1. The number of hydrogen-bond donors (Lipinski definition) is 3. The Morgan fingerprint density at radius 3 is 2.18 bits per heavy atom. The molecule has 1 fully saturated rings. The summed E-state index contributed by atoms with van der Waals surface area (Å²) in [5.41, 5.74) is 5.58. The Kier molecular flexibility index (Phi) is 6.11. The van der Waals surface area contributed by atoms with Gasteiger partial charge in [0.1, 0.15) is 11.5 Å². The number of ether oxygens (including phenoxy) is 2. The fourth-order valence-corrected chi connectivity index (χ4v) is 2.35. The Morgan fingerprint density at radius 2 is 1.57 bits per heavy atom. The zero-order valence-electron chi connectivity index (χ0n) is 15.4. The van der Waals surface area contributed by atoms with Crippen LogP contribution in [0.1, 0.15) is 23.2 Å².